The van der Waals surface area contributed by atoms with Gasteiger partial charge in [-0.3, -0.25) is 4.79 Å². The fourth-order valence-corrected chi connectivity index (χ4v) is 3.14. The molecule has 5 nitrogen and oxygen atoms in total. The lowest BCUT2D eigenvalue weighted by Crippen LogP contribution is -2.36. The number of carbonyl (C=O) groups is 2. The average molecular weight is 261 g/mol. The van der Waals surface area contributed by atoms with Gasteiger partial charge in [0.1, 0.15) is 11.3 Å². The Morgan fingerprint density at radius 3 is 2.79 bits per heavy atom. The summed E-state index contributed by atoms with van der Waals surface area (Å²) in [6.07, 6.45) is 2.92. The van der Waals surface area contributed by atoms with Crippen molar-refractivity contribution in [3.63, 3.8) is 0 Å². The van der Waals surface area contributed by atoms with Crippen molar-refractivity contribution in [2.75, 3.05) is 12.0 Å². The fraction of sp³-hybridized carbons (Fsp3) is 0.429. The average Bonchev–Trinajstić information content (AvgIpc) is 2.98. The van der Waals surface area contributed by atoms with Crippen molar-refractivity contribution >= 4 is 17.6 Å². The van der Waals surface area contributed by atoms with Crippen LogP contribution in [-0.2, 0) is 4.79 Å². The first kappa shape index (κ1) is 12.0. The van der Waals surface area contributed by atoms with Gasteiger partial charge in [0.25, 0.3) is 0 Å². The van der Waals surface area contributed by atoms with Crippen molar-refractivity contribution in [2.45, 2.75) is 25.3 Å². The van der Waals surface area contributed by atoms with Gasteiger partial charge in [0, 0.05) is 23.7 Å². The Bertz CT molecular complexity index is 554. The maximum Gasteiger partial charge on any atom is 0.339 e. The van der Waals surface area contributed by atoms with Gasteiger partial charge in [-0.05, 0) is 31.4 Å². The topological polar surface area (TPSA) is 66.8 Å². The fourth-order valence-electron chi connectivity index (χ4n) is 3.14. The number of carboxylic acid groups (broad SMARTS) is 1. The molecule has 2 atom stereocenters. The number of aromatic carboxylic acids is 1. The summed E-state index contributed by atoms with van der Waals surface area (Å²) in [5.74, 6) is -0.435. The van der Waals surface area contributed by atoms with Gasteiger partial charge in [0.2, 0.25) is 5.91 Å². The standard InChI is InChI=1S/C14H15NO4/c1-19-12-7-10(4-5-11(12)14(17)18)15-9-3-2-8(6-9)13(15)16/h4-5,7-9H,2-3,6H2,1H3,(H,17,18). The summed E-state index contributed by atoms with van der Waals surface area (Å²) in [4.78, 5) is 25.0. The van der Waals surface area contributed by atoms with Crippen molar-refractivity contribution in [3.8, 4) is 5.75 Å². The summed E-state index contributed by atoms with van der Waals surface area (Å²) in [7, 11) is 1.43. The van der Waals surface area contributed by atoms with E-state index in [-0.39, 0.29) is 23.4 Å². The van der Waals surface area contributed by atoms with E-state index < -0.39 is 5.97 Å². The van der Waals surface area contributed by atoms with Crippen LogP contribution >= 0.6 is 0 Å². The van der Waals surface area contributed by atoms with Gasteiger partial charge in [-0.1, -0.05) is 0 Å². The van der Waals surface area contributed by atoms with Crippen molar-refractivity contribution in [1.82, 2.24) is 0 Å². The number of anilines is 1. The molecule has 5 heteroatoms. The number of carbonyl (C=O) groups excluding carboxylic acids is 1. The molecule has 1 amide bonds. The van der Waals surface area contributed by atoms with Crippen molar-refractivity contribution in [2.24, 2.45) is 5.92 Å². The summed E-state index contributed by atoms with van der Waals surface area (Å²) in [5, 5.41) is 9.05. The van der Waals surface area contributed by atoms with Gasteiger partial charge in [-0.15, -0.1) is 0 Å². The molecule has 2 bridgehead atoms. The highest BCUT2D eigenvalue weighted by atomic mass is 16.5. The van der Waals surface area contributed by atoms with Gasteiger partial charge in [-0.2, -0.15) is 0 Å². The summed E-state index contributed by atoms with van der Waals surface area (Å²) in [5.41, 5.74) is 0.849. The lowest BCUT2D eigenvalue weighted by molar-refractivity contribution is -0.121. The van der Waals surface area contributed by atoms with Crippen LogP contribution in [0.4, 0.5) is 5.69 Å². The molecule has 1 aromatic rings. The Morgan fingerprint density at radius 2 is 2.21 bits per heavy atom. The normalized spacial score (nSPS) is 24.9. The smallest absolute Gasteiger partial charge is 0.339 e. The quantitative estimate of drug-likeness (QED) is 0.902. The van der Waals surface area contributed by atoms with Crippen LogP contribution in [0, 0.1) is 5.92 Å². The molecule has 0 radical (unpaired) electrons. The molecule has 2 fully saturated rings. The Hall–Kier alpha value is -2.04. The third-order valence-electron chi connectivity index (χ3n) is 4.05. The number of amides is 1. The number of methoxy groups -OCH3 is 1. The third kappa shape index (κ3) is 1.77. The third-order valence-corrected chi connectivity index (χ3v) is 4.05. The Labute approximate surface area is 110 Å². The summed E-state index contributed by atoms with van der Waals surface area (Å²) in [6.45, 7) is 0. The van der Waals surface area contributed by atoms with E-state index >= 15 is 0 Å². The highest BCUT2D eigenvalue weighted by Crippen LogP contribution is 2.42. The highest BCUT2D eigenvalue weighted by molar-refractivity contribution is 6.00. The number of piperidine rings is 1. The maximum absolute atomic E-state index is 12.2. The van der Waals surface area contributed by atoms with Crippen molar-refractivity contribution in [3.05, 3.63) is 23.8 Å². The van der Waals surface area contributed by atoms with Crippen LogP contribution in [0.15, 0.2) is 18.2 Å². The van der Waals surface area contributed by atoms with Gasteiger partial charge in [-0.25, -0.2) is 4.79 Å². The largest absolute Gasteiger partial charge is 0.496 e. The van der Waals surface area contributed by atoms with E-state index in [1.54, 1.807) is 17.0 Å². The number of nitrogens with zero attached hydrogens (tertiary/aromatic N) is 1. The highest BCUT2D eigenvalue weighted by Gasteiger charge is 2.45. The van der Waals surface area contributed by atoms with E-state index in [0.29, 0.717) is 5.75 Å². The molecule has 1 saturated heterocycles. The number of rotatable bonds is 3. The predicted octanol–water partition coefficient (Wildman–Crippen LogP) is 1.91. The number of hydrogen-bond acceptors (Lipinski definition) is 3. The van der Waals surface area contributed by atoms with Gasteiger partial charge < -0.3 is 14.7 Å². The first-order valence-corrected chi connectivity index (χ1v) is 6.36. The molecular formula is C14H15NO4. The second kappa shape index (κ2) is 4.26. The summed E-state index contributed by atoms with van der Waals surface area (Å²) < 4.78 is 5.10. The van der Waals surface area contributed by atoms with Crippen LogP contribution in [0.3, 0.4) is 0 Å². The number of ether oxygens (including phenoxy) is 1. The molecule has 1 aromatic carbocycles. The minimum Gasteiger partial charge on any atom is -0.496 e. The van der Waals surface area contributed by atoms with Crippen molar-refractivity contribution < 1.29 is 19.4 Å². The zero-order valence-electron chi connectivity index (χ0n) is 10.6. The molecule has 3 rings (SSSR count). The summed E-state index contributed by atoms with van der Waals surface area (Å²) >= 11 is 0. The molecule has 1 N–H and O–H groups in total. The molecule has 2 unspecified atom stereocenters. The predicted molar refractivity (Wildman–Crippen MR) is 68.6 cm³/mol. The van der Waals surface area contributed by atoms with E-state index in [0.717, 1.165) is 24.9 Å². The molecule has 1 aliphatic heterocycles. The Balaban J connectivity index is 1.98. The molecule has 1 aliphatic carbocycles. The zero-order chi connectivity index (χ0) is 13.6. The molecule has 2 aliphatic rings. The Morgan fingerprint density at radius 1 is 1.42 bits per heavy atom. The number of fused-ring (bicyclic) bond motifs is 2. The van der Waals surface area contributed by atoms with E-state index in [4.69, 9.17) is 9.84 Å². The van der Waals surface area contributed by atoms with E-state index in [2.05, 4.69) is 0 Å². The second-order valence-electron chi connectivity index (χ2n) is 5.06. The van der Waals surface area contributed by atoms with E-state index in [1.165, 1.54) is 13.2 Å². The lowest BCUT2D eigenvalue weighted by Gasteiger charge is -2.27. The second-order valence-corrected chi connectivity index (χ2v) is 5.06. The van der Waals surface area contributed by atoms with Crippen LogP contribution < -0.4 is 9.64 Å². The zero-order valence-corrected chi connectivity index (χ0v) is 10.6. The maximum atomic E-state index is 12.2. The van der Waals surface area contributed by atoms with Gasteiger partial charge >= 0.3 is 5.97 Å². The molecular weight excluding hydrogens is 246 g/mol. The number of carboxylic acids is 1. The monoisotopic (exact) mass is 261 g/mol. The van der Waals surface area contributed by atoms with E-state index in [1.807, 2.05) is 0 Å². The molecule has 0 aromatic heterocycles. The lowest BCUT2D eigenvalue weighted by atomic mass is 10.1. The minimum atomic E-state index is -1.03. The van der Waals surface area contributed by atoms with Crippen LogP contribution in [0.25, 0.3) is 0 Å². The van der Waals surface area contributed by atoms with Crippen LogP contribution in [-0.4, -0.2) is 30.1 Å². The molecule has 19 heavy (non-hydrogen) atoms. The van der Waals surface area contributed by atoms with Gasteiger partial charge in [0.05, 0.1) is 7.11 Å². The van der Waals surface area contributed by atoms with Crippen LogP contribution in [0.5, 0.6) is 5.75 Å². The molecule has 0 spiro atoms. The van der Waals surface area contributed by atoms with Crippen LogP contribution in [0.2, 0.25) is 0 Å². The minimum absolute atomic E-state index is 0.114. The van der Waals surface area contributed by atoms with Gasteiger partial charge in [0.15, 0.2) is 0 Å². The molecule has 1 heterocycles. The molecule has 100 valence electrons. The first-order chi connectivity index (χ1) is 9.11. The number of hydrogen-bond donors (Lipinski definition) is 1. The Kier molecular flexibility index (Phi) is 2.69. The molecule has 1 saturated carbocycles. The summed E-state index contributed by atoms with van der Waals surface area (Å²) in [6, 6.07) is 5.08. The number of benzene rings is 1. The first-order valence-electron chi connectivity index (χ1n) is 6.36. The van der Waals surface area contributed by atoms with Crippen LogP contribution in [0.1, 0.15) is 29.6 Å². The van der Waals surface area contributed by atoms with E-state index in [9.17, 15) is 9.59 Å². The van der Waals surface area contributed by atoms with Crippen molar-refractivity contribution in [1.29, 1.82) is 0 Å². The SMILES string of the molecule is COc1cc(N2C(=O)C3CCC2C3)ccc1C(=O)O.